The molecular formula is C16H33IN4O3S. The Morgan fingerprint density at radius 2 is 1.84 bits per heavy atom. The highest BCUT2D eigenvalue weighted by Gasteiger charge is 2.31. The molecule has 1 saturated heterocycles. The van der Waals surface area contributed by atoms with Crippen LogP contribution in [0.3, 0.4) is 0 Å². The van der Waals surface area contributed by atoms with Crippen LogP contribution in [0.1, 0.15) is 52.4 Å². The lowest BCUT2D eigenvalue weighted by molar-refractivity contribution is 0.0574. The average molecular weight is 488 g/mol. The molecule has 0 aromatic carbocycles. The van der Waals surface area contributed by atoms with Crippen molar-refractivity contribution in [3.8, 4) is 0 Å². The molecule has 9 heteroatoms. The summed E-state index contributed by atoms with van der Waals surface area (Å²) in [6, 6.07) is 0.212. The summed E-state index contributed by atoms with van der Waals surface area (Å²) in [6.07, 6.45) is 5.33. The SMILES string of the molecule is CCNC(=NCC1(O)CCCC1)NC1CCN(S(=O)(=O)CC)CC1.I. The summed E-state index contributed by atoms with van der Waals surface area (Å²) < 4.78 is 25.4. The molecular weight excluding hydrogens is 455 g/mol. The first kappa shape index (κ1) is 22.9. The van der Waals surface area contributed by atoms with Crippen molar-refractivity contribution < 1.29 is 13.5 Å². The zero-order valence-electron chi connectivity index (χ0n) is 15.3. The van der Waals surface area contributed by atoms with Crippen LogP contribution in [0.4, 0.5) is 0 Å². The van der Waals surface area contributed by atoms with Crippen LogP contribution in [0, 0.1) is 0 Å². The second-order valence-electron chi connectivity index (χ2n) is 6.84. The topological polar surface area (TPSA) is 94.0 Å². The van der Waals surface area contributed by atoms with Gasteiger partial charge in [0.05, 0.1) is 17.9 Å². The second-order valence-corrected chi connectivity index (χ2v) is 9.10. The van der Waals surface area contributed by atoms with Gasteiger partial charge in [-0.15, -0.1) is 24.0 Å². The molecule has 2 rings (SSSR count). The molecule has 0 amide bonds. The lowest BCUT2D eigenvalue weighted by Gasteiger charge is -2.32. The molecule has 148 valence electrons. The number of hydrogen-bond donors (Lipinski definition) is 3. The fourth-order valence-electron chi connectivity index (χ4n) is 3.39. The number of rotatable bonds is 6. The van der Waals surface area contributed by atoms with Crippen LogP contribution in [0.25, 0.3) is 0 Å². The molecule has 1 aliphatic heterocycles. The largest absolute Gasteiger partial charge is 0.388 e. The third kappa shape index (κ3) is 6.84. The van der Waals surface area contributed by atoms with Gasteiger partial charge in [0, 0.05) is 25.7 Å². The zero-order chi connectivity index (χ0) is 17.6. The monoisotopic (exact) mass is 488 g/mol. The number of nitrogens with zero attached hydrogens (tertiary/aromatic N) is 2. The fraction of sp³-hybridized carbons (Fsp3) is 0.938. The molecule has 2 aliphatic rings. The zero-order valence-corrected chi connectivity index (χ0v) is 18.5. The van der Waals surface area contributed by atoms with Crippen molar-refractivity contribution in [3.63, 3.8) is 0 Å². The van der Waals surface area contributed by atoms with Gasteiger partial charge in [-0.1, -0.05) is 12.8 Å². The van der Waals surface area contributed by atoms with Gasteiger partial charge in [0.15, 0.2) is 5.96 Å². The quantitative estimate of drug-likeness (QED) is 0.298. The van der Waals surface area contributed by atoms with Crippen LogP contribution in [0.5, 0.6) is 0 Å². The third-order valence-electron chi connectivity index (χ3n) is 4.96. The van der Waals surface area contributed by atoms with E-state index in [0.717, 1.165) is 51.0 Å². The molecule has 1 saturated carbocycles. The van der Waals surface area contributed by atoms with Gasteiger partial charge in [0.25, 0.3) is 0 Å². The molecule has 0 atom stereocenters. The summed E-state index contributed by atoms with van der Waals surface area (Å²) in [5.74, 6) is 0.878. The third-order valence-corrected chi connectivity index (χ3v) is 6.84. The summed E-state index contributed by atoms with van der Waals surface area (Å²) in [7, 11) is -3.09. The van der Waals surface area contributed by atoms with Gasteiger partial charge in [0.1, 0.15) is 0 Å². The maximum atomic E-state index is 11.9. The van der Waals surface area contributed by atoms with Gasteiger partial charge in [-0.3, -0.25) is 4.99 Å². The second kappa shape index (κ2) is 10.3. The fourth-order valence-corrected chi connectivity index (χ4v) is 4.52. The predicted octanol–water partition coefficient (Wildman–Crippen LogP) is 1.28. The molecule has 2 fully saturated rings. The Kier molecular flexibility index (Phi) is 9.41. The van der Waals surface area contributed by atoms with E-state index in [1.165, 1.54) is 0 Å². The van der Waals surface area contributed by atoms with Crippen molar-refractivity contribution in [2.75, 3.05) is 31.9 Å². The van der Waals surface area contributed by atoms with E-state index in [-0.39, 0.29) is 35.8 Å². The molecule has 0 aromatic heterocycles. The van der Waals surface area contributed by atoms with E-state index < -0.39 is 15.6 Å². The first-order valence-corrected chi connectivity index (χ1v) is 10.7. The molecule has 1 heterocycles. The van der Waals surface area contributed by atoms with Gasteiger partial charge in [-0.2, -0.15) is 0 Å². The molecule has 25 heavy (non-hydrogen) atoms. The van der Waals surface area contributed by atoms with E-state index in [1.54, 1.807) is 11.2 Å². The average Bonchev–Trinajstić information content (AvgIpc) is 3.00. The van der Waals surface area contributed by atoms with Crippen molar-refractivity contribution in [2.24, 2.45) is 4.99 Å². The molecule has 1 aliphatic carbocycles. The Morgan fingerprint density at radius 3 is 2.36 bits per heavy atom. The number of guanidine groups is 1. The lowest BCUT2D eigenvalue weighted by Crippen LogP contribution is -2.50. The highest BCUT2D eigenvalue weighted by molar-refractivity contribution is 14.0. The van der Waals surface area contributed by atoms with E-state index >= 15 is 0 Å². The van der Waals surface area contributed by atoms with Crippen LogP contribution in [-0.2, 0) is 10.0 Å². The minimum Gasteiger partial charge on any atom is -0.388 e. The molecule has 7 nitrogen and oxygen atoms in total. The van der Waals surface area contributed by atoms with Crippen molar-refractivity contribution in [2.45, 2.75) is 64.0 Å². The number of sulfonamides is 1. The highest BCUT2D eigenvalue weighted by Crippen LogP contribution is 2.29. The Hall–Kier alpha value is -0.130. The van der Waals surface area contributed by atoms with Crippen molar-refractivity contribution in [3.05, 3.63) is 0 Å². The molecule has 0 bridgehead atoms. The smallest absolute Gasteiger partial charge is 0.213 e. The van der Waals surface area contributed by atoms with E-state index in [9.17, 15) is 13.5 Å². The number of hydrogen-bond acceptors (Lipinski definition) is 4. The molecule has 0 unspecified atom stereocenters. The molecule has 0 radical (unpaired) electrons. The van der Waals surface area contributed by atoms with Gasteiger partial charge in [-0.25, -0.2) is 12.7 Å². The van der Waals surface area contributed by atoms with Crippen LogP contribution in [0.15, 0.2) is 4.99 Å². The van der Waals surface area contributed by atoms with Gasteiger partial charge >= 0.3 is 0 Å². The number of aliphatic hydroxyl groups is 1. The minimum atomic E-state index is -3.09. The van der Waals surface area contributed by atoms with Crippen LogP contribution < -0.4 is 10.6 Å². The van der Waals surface area contributed by atoms with E-state index in [0.29, 0.717) is 19.6 Å². The van der Waals surface area contributed by atoms with Gasteiger partial charge in [-0.05, 0) is 39.5 Å². The van der Waals surface area contributed by atoms with Gasteiger partial charge < -0.3 is 15.7 Å². The van der Waals surface area contributed by atoms with E-state index in [4.69, 9.17) is 0 Å². The van der Waals surface area contributed by atoms with Crippen molar-refractivity contribution in [1.29, 1.82) is 0 Å². The number of nitrogens with one attached hydrogen (secondary N) is 2. The minimum absolute atomic E-state index is 0. The Balaban J connectivity index is 0.00000312. The number of halogens is 1. The summed E-state index contributed by atoms with van der Waals surface area (Å²) in [5.41, 5.74) is -0.652. The molecule has 0 aromatic rings. The van der Waals surface area contributed by atoms with Crippen LogP contribution >= 0.6 is 24.0 Å². The van der Waals surface area contributed by atoms with Gasteiger partial charge in [0.2, 0.25) is 10.0 Å². The molecule has 0 spiro atoms. The number of aliphatic imine (C=N–C) groups is 1. The Labute approximate surface area is 169 Å². The summed E-state index contributed by atoms with van der Waals surface area (Å²) in [5, 5.41) is 17.0. The van der Waals surface area contributed by atoms with Crippen molar-refractivity contribution >= 4 is 40.0 Å². The standard InChI is InChI=1S/C16H32N4O3S.HI/c1-3-17-15(18-13-16(21)9-5-6-10-16)19-14-7-11-20(12-8-14)24(22,23)4-2;/h14,21H,3-13H2,1-2H3,(H2,17,18,19);1H. The van der Waals surface area contributed by atoms with Crippen LogP contribution in [-0.4, -0.2) is 67.4 Å². The van der Waals surface area contributed by atoms with E-state index in [2.05, 4.69) is 15.6 Å². The van der Waals surface area contributed by atoms with E-state index in [1.807, 2.05) is 6.92 Å². The summed E-state index contributed by atoms with van der Waals surface area (Å²) in [6.45, 7) is 5.98. The highest BCUT2D eigenvalue weighted by atomic mass is 127. The first-order chi connectivity index (χ1) is 11.4. The number of piperidine rings is 1. The lowest BCUT2D eigenvalue weighted by atomic mass is 10.0. The van der Waals surface area contributed by atoms with Crippen LogP contribution in [0.2, 0.25) is 0 Å². The summed E-state index contributed by atoms with van der Waals surface area (Å²) in [4.78, 5) is 4.56. The van der Waals surface area contributed by atoms with Crippen molar-refractivity contribution in [1.82, 2.24) is 14.9 Å². The predicted molar refractivity (Wildman–Crippen MR) is 112 cm³/mol. The summed E-state index contributed by atoms with van der Waals surface area (Å²) >= 11 is 0. The molecule has 3 N–H and O–H groups in total. The Morgan fingerprint density at radius 1 is 1.24 bits per heavy atom. The maximum absolute atomic E-state index is 11.9. The normalized spacial score (nSPS) is 22.4. The Bertz CT molecular complexity index is 527. The maximum Gasteiger partial charge on any atom is 0.213 e. The first-order valence-electron chi connectivity index (χ1n) is 9.13.